The number of ether oxygens (including phenoxy) is 3. The van der Waals surface area contributed by atoms with Gasteiger partial charge in [-0.05, 0) is 37.3 Å². The Bertz CT molecular complexity index is 1100. The molecule has 0 unspecified atom stereocenters. The number of halogens is 1. The number of nitrogens with one attached hydrogen (secondary N) is 1. The van der Waals surface area contributed by atoms with Gasteiger partial charge in [0, 0.05) is 16.7 Å². The molecular weight excluding hydrogens is 424 g/mol. The van der Waals surface area contributed by atoms with Crippen LogP contribution in [0, 0.1) is 6.92 Å². The van der Waals surface area contributed by atoms with E-state index in [0.29, 0.717) is 22.2 Å². The Hall–Kier alpha value is -3.72. The van der Waals surface area contributed by atoms with Gasteiger partial charge in [-0.1, -0.05) is 17.7 Å². The lowest BCUT2D eigenvalue weighted by Gasteiger charge is -2.15. The number of nitrogens with zero attached hydrogens (tertiary/aromatic N) is 2. The predicted octanol–water partition coefficient (Wildman–Crippen LogP) is 2.97. The highest BCUT2D eigenvalue weighted by Crippen LogP contribution is 2.38. The van der Waals surface area contributed by atoms with Crippen molar-refractivity contribution in [3.8, 4) is 22.9 Å². The van der Waals surface area contributed by atoms with E-state index in [0.717, 1.165) is 0 Å². The molecule has 2 amide bonds. The van der Waals surface area contributed by atoms with Crippen LogP contribution in [0.2, 0.25) is 5.02 Å². The SMILES string of the molecule is COc1cc(C(=O)Nc2cc(C)nn2-c2cccc(Cl)c2)cc(OC)c1OCC(N)=O. The molecule has 0 bridgehead atoms. The maximum Gasteiger partial charge on any atom is 0.257 e. The molecule has 0 radical (unpaired) electrons. The molecule has 0 spiro atoms. The van der Waals surface area contributed by atoms with Crippen molar-refractivity contribution in [3.63, 3.8) is 0 Å². The van der Waals surface area contributed by atoms with Crippen LogP contribution in [0.25, 0.3) is 5.69 Å². The maximum atomic E-state index is 13.0. The average Bonchev–Trinajstić information content (AvgIpc) is 3.11. The van der Waals surface area contributed by atoms with Gasteiger partial charge in [0.15, 0.2) is 18.1 Å². The lowest BCUT2D eigenvalue weighted by Crippen LogP contribution is -2.20. The molecule has 31 heavy (non-hydrogen) atoms. The maximum absolute atomic E-state index is 13.0. The number of amides is 2. The first-order valence-electron chi connectivity index (χ1n) is 9.13. The molecular formula is C21H21ClN4O5. The third-order valence-corrected chi connectivity index (χ3v) is 4.44. The molecule has 0 saturated carbocycles. The predicted molar refractivity (Wildman–Crippen MR) is 115 cm³/mol. The summed E-state index contributed by atoms with van der Waals surface area (Å²) in [7, 11) is 2.82. The third-order valence-electron chi connectivity index (χ3n) is 4.21. The van der Waals surface area contributed by atoms with Crippen LogP contribution in [0.5, 0.6) is 17.2 Å². The Kier molecular flexibility index (Phi) is 6.66. The van der Waals surface area contributed by atoms with E-state index < -0.39 is 11.8 Å². The van der Waals surface area contributed by atoms with Crippen LogP contribution in [-0.4, -0.2) is 42.4 Å². The number of hydrogen-bond donors (Lipinski definition) is 2. The molecule has 0 aliphatic carbocycles. The van der Waals surface area contributed by atoms with E-state index in [-0.39, 0.29) is 29.4 Å². The molecule has 0 aliphatic rings. The fraction of sp³-hybridized carbons (Fsp3) is 0.190. The first-order valence-corrected chi connectivity index (χ1v) is 9.51. The molecule has 3 rings (SSSR count). The van der Waals surface area contributed by atoms with Gasteiger partial charge >= 0.3 is 0 Å². The highest BCUT2D eigenvalue weighted by molar-refractivity contribution is 6.30. The van der Waals surface area contributed by atoms with E-state index in [2.05, 4.69) is 10.4 Å². The molecule has 3 aromatic rings. The van der Waals surface area contributed by atoms with Gasteiger partial charge < -0.3 is 25.3 Å². The van der Waals surface area contributed by atoms with E-state index in [1.807, 2.05) is 13.0 Å². The average molecular weight is 445 g/mol. The Morgan fingerprint density at radius 3 is 2.39 bits per heavy atom. The van der Waals surface area contributed by atoms with E-state index in [1.165, 1.54) is 26.4 Å². The summed E-state index contributed by atoms with van der Waals surface area (Å²) in [6.07, 6.45) is 0. The van der Waals surface area contributed by atoms with Crippen molar-refractivity contribution in [2.75, 3.05) is 26.1 Å². The lowest BCUT2D eigenvalue weighted by molar-refractivity contribution is -0.120. The smallest absolute Gasteiger partial charge is 0.257 e. The normalized spacial score (nSPS) is 10.5. The first kappa shape index (κ1) is 22.0. The first-order chi connectivity index (χ1) is 14.8. The van der Waals surface area contributed by atoms with E-state index in [1.54, 1.807) is 28.9 Å². The van der Waals surface area contributed by atoms with Gasteiger partial charge in [0.05, 0.1) is 25.6 Å². The van der Waals surface area contributed by atoms with Crippen molar-refractivity contribution in [2.45, 2.75) is 6.92 Å². The second kappa shape index (κ2) is 9.40. The van der Waals surface area contributed by atoms with Crippen LogP contribution in [0.3, 0.4) is 0 Å². The van der Waals surface area contributed by atoms with Crippen molar-refractivity contribution >= 4 is 29.2 Å². The number of hydrogen-bond acceptors (Lipinski definition) is 6. The minimum Gasteiger partial charge on any atom is -0.493 e. The summed E-state index contributed by atoms with van der Waals surface area (Å²) in [5.41, 5.74) is 6.79. The number of methoxy groups -OCH3 is 2. The fourth-order valence-electron chi connectivity index (χ4n) is 2.88. The molecule has 0 fully saturated rings. The van der Waals surface area contributed by atoms with Gasteiger partial charge in [0.1, 0.15) is 5.82 Å². The van der Waals surface area contributed by atoms with Crippen LogP contribution in [-0.2, 0) is 4.79 Å². The second-order valence-electron chi connectivity index (χ2n) is 6.48. The molecule has 0 saturated heterocycles. The topological polar surface area (TPSA) is 118 Å². The zero-order chi connectivity index (χ0) is 22.5. The highest BCUT2D eigenvalue weighted by Gasteiger charge is 2.20. The number of carbonyl (C=O) groups excluding carboxylic acids is 2. The number of primary amides is 1. The Morgan fingerprint density at radius 2 is 1.81 bits per heavy atom. The highest BCUT2D eigenvalue weighted by atomic mass is 35.5. The van der Waals surface area contributed by atoms with Gasteiger partial charge in [-0.15, -0.1) is 0 Å². The summed E-state index contributed by atoms with van der Waals surface area (Å²) in [6, 6.07) is 11.8. The van der Waals surface area contributed by atoms with Crippen LogP contribution < -0.4 is 25.3 Å². The summed E-state index contributed by atoms with van der Waals surface area (Å²) in [5, 5.41) is 7.80. The number of carbonyl (C=O) groups is 2. The van der Waals surface area contributed by atoms with E-state index in [4.69, 9.17) is 31.5 Å². The molecule has 10 heteroatoms. The van der Waals surface area contributed by atoms with Gasteiger partial charge in [-0.3, -0.25) is 9.59 Å². The van der Waals surface area contributed by atoms with E-state index in [9.17, 15) is 9.59 Å². The van der Waals surface area contributed by atoms with E-state index >= 15 is 0 Å². The number of anilines is 1. The van der Waals surface area contributed by atoms with Crippen LogP contribution in [0.4, 0.5) is 5.82 Å². The second-order valence-corrected chi connectivity index (χ2v) is 6.92. The lowest BCUT2D eigenvalue weighted by atomic mass is 10.1. The zero-order valence-corrected chi connectivity index (χ0v) is 17.9. The van der Waals surface area contributed by atoms with Crippen molar-refractivity contribution in [1.82, 2.24) is 9.78 Å². The monoisotopic (exact) mass is 444 g/mol. The van der Waals surface area contributed by atoms with Crippen LogP contribution in [0.15, 0.2) is 42.5 Å². The van der Waals surface area contributed by atoms with Crippen LogP contribution in [0.1, 0.15) is 16.1 Å². The summed E-state index contributed by atoms with van der Waals surface area (Å²) in [6.45, 7) is 1.45. The largest absolute Gasteiger partial charge is 0.493 e. The minimum absolute atomic E-state index is 0.167. The van der Waals surface area contributed by atoms with Gasteiger partial charge in [0.2, 0.25) is 5.75 Å². The molecule has 9 nitrogen and oxygen atoms in total. The Labute approximate surface area is 183 Å². The summed E-state index contributed by atoms with van der Waals surface area (Å²) < 4.78 is 17.6. The van der Waals surface area contributed by atoms with Crippen molar-refractivity contribution in [2.24, 2.45) is 5.73 Å². The third kappa shape index (κ3) is 5.07. The molecule has 0 atom stereocenters. The molecule has 162 valence electrons. The number of nitrogens with two attached hydrogens (primary N) is 1. The Balaban J connectivity index is 1.93. The number of aromatic nitrogens is 2. The molecule has 3 N–H and O–H groups in total. The van der Waals surface area contributed by atoms with Crippen LogP contribution >= 0.6 is 11.6 Å². The van der Waals surface area contributed by atoms with Crippen molar-refractivity contribution in [3.05, 3.63) is 58.7 Å². The summed E-state index contributed by atoms with van der Waals surface area (Å²) in [4.78, 5) is 24.0. The fourth-order valence-corrected chi connectivity index (χ4v) is 3.06. The van der Waals surface area contributed by atoms with Crippen molar-refractivity contribution in [1.29, 1.82) is 0 Å². The minimum atomic E-state index is -0.657. The molecule has 0 aliphatic heterocycles. The van der Waals surface area contributed by atoms with Crippen molar-refractivity contribution < 1.29 is 23.8 Å². The number of rotatable bonds is 8. The number of benzene rings is 2. The molecule has 2 aromatic carbocycles. The quantitative estimate of drug-likeness (QED) is 0.551. The summed E-state index contributed by atoms with van der Waals surface area (Å²) in [5.74, 6) is -0.0377. The van der Waals surface area contributed by atoms with Gasteiger partial charge in [-0.25, -0.2) is 4.68 Å². The summed E-state index contributed by atoms with van der Waals surface area (Å²) >= 11 is 6.09. The molecule has 1 aromatic heterocycles. The standard InChI is InChI=1S/C21H21ClN4O5/c1-12-7-19(26(25-12)15-6-4-5-14(22)10-15)24-21(28)13-8-16(29-2)20(17(9-13)30-3)31-11-18(23)27/h4-10H,11H2,1-3H3,(H2,23,27)(H,24,28). The Morgan fingerprint density at radius 1 is 1.13 bits per heavy atom. The zero-order valence-electron chi connectivity index (χ0n) is 17.1. The number of aryl methyl sites for hydroxylation is 1. The van der Waals surface area contributed by atoms with Gasteiger partial charge in [-0.2, -0.15) is 5.10 Å². The molecule has 1 heterocycles. The van der Waals surface area contributed by atoms with Gasteiger partial charge in [0.25, 0.3) is 11.8 Å².